The Hall–Kier alpha value is -3.28. The SMILES string of the molecule is CCCCCCCN1C(=O)CC(C)(C)c2cc(C(=CCc3ccc(C(=O)O)cc3)N=O)ccc21. The maximum Gasteiger partial charge on any atom is 0.335 e. The molecule has 1 N–H and O–H groups in total. The van der Waals surface area contributed by atoms with E-state index in [2.05, 4.69) is 25.9 Å². The molecule has 1 aliphatic heterocycles. The van der Waals surface area contributed by atoms with Crippen LogP contribution in [0.4, 0.5) is 5.69 Å². The first-order chi connectivity index (χ1) is 16.3. The lowest BCUT2D eigenvalue weighted by Gasteiger charge is -2.39. The molecule has 6 heteroatoms. The van der Waals surface area contributed by atoms with E-state index in [1.165, 1.54) is 19.3 Å². The normalized spacial score (nSPS) is 15.2. The summed E-state index contributed by atoms with van der Waals surface area (Å²) in [5.74, 6) is -0.822. The Bertz CT molecular complexity index is 1070. The van der Waals surface area contributed by atoms with Gasteiger partial charge in [-0.3, -0.25) is 4.79 Å². The molecule has 0 unspecified atom stereocenters. The lowest BCUT2D eigenvalue weighted by atomic mass is 9.76. The van der Waals surface area contributed by atoms with E-state index < -0.39 is 5.97 Å². The molecule has 0 aliphatic carbocycles. The summed E-state index contributed by atoms with van der Waals surface area (Å²) >= 11 is 0. The molecule has 2 aromatic carbocycles. The van der Waals surface area contributed by atoms with Gasteiger partial charge in [-0.05, 0) is 53.4 Å². The van der Waals surface area contributed by atoms with Crippen LogP contribution in [0, 0.1) is 4.91 Å². The van der Waals surface area contributed by atoms with Crippen LogP contribution in [0.2, 0.25) is 0 Å². The predicted octanol–water partition coefficient (Wildman–Crippen LogP) is 6.72. The van der Waals surface area contributed by atoms with Gasteiger partial charge in [-0.25, -0.2) is 4.79 Å². The fourth-order valence-electron chi connectivity index (χ4n) is 4.50. The van der Waals surface area contributed by atoms with Gasteiger partial charge in [0.25, 0.3) is 0 Å². The summed E-state index contributed by atoms with van der Waals surface area (Å²) in [4.78, 5) is 37.5. The van der Waals surface area contributed by atoms with E-state index in [0.717, 1.165) is 35.2 Å². The highest BCUT2D eigenvalue weighted by atomic mass is 16.4. The number of allylic oxidation sites excluding steroid dienone is 1. The van der Waals surface area contributed by atoms with Crippen molar-refractivity contribution in [1.82, 2.24) is 0 Å². The van der Waals surface area contributed by atoms with Crippen LogP contribution in [-0.4, -0.2) is 23.5 Å². The standard InChI is InChI=1S/C28H34N2O4/c1-4-5-6-7-8-17-30-25-16-14-22(18-23(25)28(2,3)19-26(30)31)24(29-34)15-11-20-9-12-21(13-10-20)27(32)33/h9-10,12-16,18H,4-8,11,17,19H2,1-3H3,(H,32,33). The number of benzene rings is 2. The van der Waals surface area contributed by atoms with E-state index in [1.807, 2.05) is 23.1 Å². The highest BCUT2D eigenvalue weighted by molar-refractivity contribution is 5.98. The highest BCUT2D eigenvalue weighted by Gasteiger charge is 2.36. The minimum atomic E-state index is -0.970. The topological polar surface area (TPSA) is 87.0 Å². The molecule has 1 amide bonds. The molecule has 6 nitrogen and oxygen atoms in total. The van der Waals surface area contributed by atoms with Crippen molar-refractivity contribution in [3.8, 4) is 0 Å². The number of unbranched alkanes of at least 4 members (excludes halogenated alkanes) is 4. The average molecular weight is 463 g/mol. The van der Waals surface area contributed by atoms with Gasteiger partial charge in [0, 0.05) is 29.6 Å². The summed E-state index contributed by atoms with van der Waals surface area (Å²) in [6.45, 7) is 7.03. The van der Waals surface area contributed by atoms with Gasteiger partial charge in [0.15, 0.2) is 0 Å². The maximum atomic E-state index is 12.9. The molecule has 0 fully saturated rings. The molecular weight excluding hydrogens is 428 g/mol. The second kappa shape index (κ2) is 11.2. The van der Waals surface area contributed by atoms with Gasteiger partial charge in [-0.2, -0.15) is 0 Å². The smallest absolute Gasteiger partial charge is 0.335 e. The summed E-state index contributed by atoms with van der Waals surface area (Å²) in [5, 5.41) is 12.3. The minimum absolute atomic E-state index is 0.148. The molecule has 0 saturated carbocycles. The van der Waals surface area contributed by atoms with Gasteiger partial charge < -0.3 is 10.0 Å². The number of rotatable bonds is 11. The number of aromatic carboxylic acids is 1. The summed E-state index contributed by atoms with van der Waals surface area (Å²) in [6, 6.07) is 12.4. The van der Waals surface area contributed by atoms with Crippen LogP contribution in [-0.2, 0) is 16.6 Å². The van der Waals surface area contributed by atoms with E-state index in [-0.39, 0.29) is 16.9 Å². The molecule has 0 saturated heterocycles. The van der Waals surface area contributed by atoms with Crippen molar-refractivity contribution in [1.29, 1.82) is 0 Å². The number of hydrogen-bond donors (Lipinski definition) is 1. The number of carbonyl (C=O) groups is 2. The average Bonchev–Trinajstić information content (AvgIpc) is 2.81. The number of nitroso groups, excluding NO2 is 1. The van der Waals surface area contributed by atoms with Crippen molar-refractivity contribution in [3.63, 3.8) is 0 Å². The third kappa shape index (κ3) is 5.99. The van der Waals surface area contributed by atoms with Crippen molar-refractivity contribution in [2.45, 2.75) is 71.1 Å². The van der Waals surface area contributed by atoms with Gasteiger partial charge in [-0.1, -0.05) is 70.7 Å². The number of carbonyl (C=O) groups excluding carboxylic acids is 1. The third-order valence-corrected chi connectivity index (χ3v) is 6.52. The lowest BCUT2D eigenvalue weighted by molar-refractivity contribution is -0.120. The largest absolute Gasteiger partial charge is 0.478 e. The second-order valence-corrected chi connectivity index (χ2v) is 9.64. The number of amides is 1. The lowest BCUT2D eigenvalue weighted by Crippen LogP contribution is -2.42. The highest BCUT2D eigenvalue weighted by Crippen LogP contribution is 2.41. The molecular formula is C28H34N2O4. The van der Waals surface area contributed by atoms with Crippen LogP contribution in [0.3, 0.4) is 0 Å². The molecule has 3 rings (SSSR count). The Balaban J connectivity index is 1.82. The van der Waals surface area contributed by atoms with Crippen LogP contribution < -0.4 is 4.90 Å². The number of anilines is 1. The quantitative estimate of drug-likeness (QED) is 0.297. The first kappa shape index (κ1) is 25.3. The zero-order valence-corrected chi connectivity index (χ0v) is 20.3. The van der Waals surface area contributed by atoms with Crippen molar-refractivity contribution < 1.29 is 14.7 Å². The Labute approximate surface area is 201 Å². The fourth-order valence-corrected chi connectivity index (χ4v) is 4.50. The Morgan fingerprint density at radius 3 is 2.38 bits per heavy atom. The molecule has 0 atom stereocenters. The van der Waals surface area contributed by atoms with E-state index >= 15 is 0 Å². The molecule has 0 spiro atoms. The predicted molar refractivity (Wildman–Crippen MR) is 136 cm³/mol. The van der Waals surface area contributed by atoms with Crippen LogP contribution in [0.1, 0.15) is 86.3 Å². The number of carboxylic acid groups (broad SMARTS) is 1. The monoisotopic (exact) mass is 462 g/mol. The van der Waals surface area contributed by atoms with Gasteiger partial charge >= 0.3 is 5.97 Å². The molecule has 0 aromatic heterocycles. The molecule has 34 heavy (non-hydrogen) atoms. The molecule has 2 aromatic rings. The van der Waals surface area contributed by atoms with Gasteiger partial charge in [-0.15, -0.1) is 4.91 Å². The number of hydrogen-bond acceptors (Lipinski definition) is 4. The van der Waals surface area contributed by atoms with Gasteiger partial charge in [0.2, 0.25) is 5.91 Å². The second-order valence-electron chi connectivity index (χ2n) is 9.64. The van der Waals surface area contributed by atoms with Gasteiger partial charge in [0.05, 0.1) is 5.56 Å². The zero-order chi connectivity index (χ0) is 24.7. The van der Waals surface area contributed by atoms with Gasteiger partial charge in [0.1, 0.15) is 5.70 Å². The Kier molecular flexibility index (Phi) is 8.37. The number of nitrogens with zero attached hydrogens (tertiary/aromatic N) is 2. The molecule has 0 radical (unpaired) electrons. The van der Waals surface area contributed by atoms with Crippen LogP contribution in [0.5, 0.6) is 0 Å². The van der Waals surface area contributed by atoms with Crippen LogP contribution in [0.25, 0.3) is 5.70 Å². The molecule has 180 valence electrons. The van der Waals surface area contributed by atoms with Crippen molar-refractivity contribution in [3.05, 3.63) is 75.7 Å². The summed E-state index contributed by atoms with van der Waals surface area (Å²) in [6.07, 6.45) is 8.35. The Morgan fingerprint density at radius 1 is 1.06 bits per heavy atom. The maximum absolute atomic E-state index is 12.9. The zero-order valence-electron chi connectivity index (χ0n) is 20.3. The van der Waals surface area contributed by atoms with E-state index in [9.17, 15) is 14.5 Å². The summed E-state index contributed by atoms with van der Waals surface area (Å²) in [5.41, 5.74) is 3.83. The van der Waals surface area contributed by atoms with Crippen molar-refractivity contribution in [2.75, 3.05) is 11.4 Å². The summed E-state index contributed by atoms with van der Waals surface area (Å²) < 4.78 is 0. The van der Waals surface area contributed by atoms with Crippen LogP contribution in [0.15, 0.2) is 53.7 Å². The first-order valence-corrected chi connectivity index (χ1v) is 12.1. The molecule has 1 heterocycles. The first-order valence-electron chi connectivity index (χ1n) is 12.1. The number of carboxylic acids is 1. The third-order valence-electron chi connectivity index (χ3n) is 6.52. The fraction of sp³-hybridized carbons (Fsp3) is 0.429. The van der Waals surface area contributed by atoms with E-state index in [1.54, 1.807) is 30.3 Å². The Morgan fingerprint density at radius 2 is 1.74 bits per heavy atom. The van der Waals surface area contributed by atoms with Crippen LogP contribution >= 0.6 is 0 Å². The molecule has 0 bridgehead atoms. The van der Waals surface area contributed by atoms with Crippen molar-refractivity contribution >= 4 is 23.3 Å². The van der Waals surface area contributed by atoms with Crippen molar-refractivity contribution in [2.24, 2.45) is 5.18 Å². The summed E-state index contributed by atoms with van der Waals surface area (Å²) in [7, 11) is 0. The van der Waals surface area contributed by atoms with E-state index in [0.29, 0.717) is 25.1 Å². The van der Waals surface area contributed by atoms with E-state index in [4.69, 9.17) is 5.11 Å². The molecule has 1 aliphatic rings. The number of fused-ring (bicyclic) bond motifs is 1. The minimum Gasteiger partial charge on any atom is -0.478 e.